The van der Waals surface area contributed by atoms with Crippen molar-refractivity contribution in [2.24, 2.45) is 5.92 Å². The van der Waals surface area contributed by atoms with Crippen LogP contribution >= 0.6 is 0 Å². The van der Waals surface area contributed by atoms with Gasteiger partial charge >= 0.3 is 0 Å². The summed E-state index contributed by atoms with van der Waals surface area (Å²) in [6.07, 6.45) is 6.40. The summed E-state index contributed by atoms with van der Waals surface area (Å²) in [4.78, 5) is 25.8. The number of aromatic amines is 1. The fraction of sp³-hybridized carbons (Fsp3) is 0.619. The summed E-state index contributed by atoms with van der Waals surface area (Å²) in [5.41, 5.74) is 2.40. The van der Waals surface area contributed by atoms with Gasteiger partial charge in [0.2, 0.25) is 0 Å². The Kier molecular flexibility index (Phi) is 3.96. The molecule has 148 valence electrons. The van der Waals surface area contributed by atoms with Crippen LogP contribution in [0.25, 0.3) is 0 Å². The molecule has 3 fully saturated rings. The maximum Gasteiger partial charge on any atom is 0.255 e. The van der Waals surface area contributed by atoms with Gasteiger partial charge in [-0.05, 0) is 24.8 Å². The minimum Gasteiger partial charge on any atom is -0.375 e. The number of H-pyrrole nitrogens is 1. The molecule has 2 aromatic rings. The summed E-state index contributed by atoms with van der Waals surface area (Å²) >= 11 is 0. The van der Waals surface area contributed by atoms with E-state index in [0.29, 0.717) is 24.0 Å². The molecule has 0 radical (unpaired) electrons. The second-order valence-corrected chi connectivity index (χ2v) is 9.00. The van der Waals surface area contributed by atoms with Gasteiger partial charge in [0, 0.05) is 68.3 Å². The zero-order valence-electron chi connectivity index (χ0n) is 16.1. The Morgan fingerprint density at radius 2 is 2.11 bits per heavy atom. The predicted octanol–water partition coefficient (Wildman–Crippen LogP) is 1.16. The van der Waals surface area contributed by atoms with Gasteiger partial charge in [-0.1, -0.05) is 6.07 Å². The van der Waals surface area contributed by atoms with Gasteiger partial charge in [-0.25, -0.2) is 4.98 Å². The Morgan fingerprint density at radius 1 is 1.14 bits per heavy atom. The Hall–Kier alpha value is -1.96. The van der Waals surface area contributed by atoms with Crippen LogP contribution in [0.3, 0.4) is 0 Å². The fourth-order valence-electron chi connectivity index (χ4n) is 5.83. The van der Waals surface area contributed by atoms with Crippen molar-refractivity contribution in [3.8, 4) is 0 Å². The Labute approximate surface area is 164 Å². The maximum absolute atomic E-state index is 13.3. The fourth-order valence-corrected chi connectivity index (χ4v) is 5.83. The summed E-state index contributed by atoms with van der Waals surface area (Å²) in [7, 11) is 0. The van der Waals surface area contributed by atoms with E-state index in [0.717, 1.165) is 63.7 Å². The van der Waals surface area contributed by atoms with E-state index in [1.54, 1.807) is 0 Å². The van der Waals surface area contributed by atoms with Crippen molar-refractivity contribution in [2.45, 2.75) is 50.5 Å². The van der Waals surface area contributed by atoms with E-state index in [1.165, 1.54) is 12.1 Å². The van der Waals surface area contributed by atoms with Crippen LogP contribution in [0.5, 0.6) is 0 Å². The molecule has 0 amide bonds. The zero-order valence-corrected chi connectivity index (χ0v) is 16.1. The molecule has 2 aromatic heterocycles. The molecule has 0 unspecified atom stereocenters. The molecule has 0 aliphatic carbocycles. The van der Waals surface area contributed by atoms with Crippen LogP contribution in [-0.2, 0) is 24.4 Å². The van der Waals surface area contributed by atoms with Crippen molar-refractivity contribution >= 4 is 0 Å². The number of aromatic nitrogens is 3. The minimum absolute atomic E-state index is 0.232. The number of fused-ring (bicyclic) bond motifs is 6. The second-order valence-electron chi connectivity index (χ2n) is 9.00. The number of hydrogen-bond acceptors (Lipinski definition) is 5. The summed E-state index contributed by atoms with van der Waals surface area (Å²) < 4.78 is 7.79. The highest BCUT2D eigenvalue weighted by atomic mass is 16.5. The number of nitrogens with zero attached hydrogens (tertiary/aromatic N) is 4. The van der Waals surface area contributed by atoms with E-state index in [2.05, 4.69) is 36.5 Å². The van der Waals surface area contributed by atoms with Crippen molar-refractivity contribution in [2.75, 3.05) is 26.2 Å². The van der Waals surface area contributed by atoms with Gasteiger partial charge in [-0.2, -0.15) is 0 Å². The number of rotatable bonds is 4. The summed E-state index contributed by atoms with van der Waals surface area (Å²) in [6, 6.07) is 4.81. The van der Waals surface area contributed by atoms with E-state index in [9.17, 15) is 4.79 Å². The van der Waals surface area contributed by atoms with Gasteiger partial charge < -0.3 is 14.3 Å². The van der Waals surface area contributed by atoms with E-state index >= 15 is 0 Å². The molecule has 1 N–H and O–H groups in total. The van der Waals surface area contributed by atoms with Gasteiger partial charge in [-0.15, -0.1) is 0 Å². The Balaban J connectivity index is 1.23. The number of ether oxygens (including phenoxy) is 1. The molecule has 7 heteroatoms. The van der Waals surface area contributed by atoms with Gasteiger partial charge in [0.1, 0.15) is 5.82 Å². The SMILES string of the molecule is O=c1c(CN2C[C@H]3C[C@@H]2CO3)ccc2n1C[C@H]1C[C@@H]2CN(Cc2ncc[nH]2)C1. The largest absolute Gasteiger partial charge is 0.375 e. The zero-order chi connectivity index (χ0) is 18.7. The number of morpholine rings is 1. The van der Waals surface area contributed by atoms with Gasteiger partial charge in [0.05, 0.1) is 19.3 Å². The van der Waals surface area contributed by atoms with Crippen molar-refractivity contribution < 1.29 is 4.74 Å². The summed E-state index contributed by atoms with van der Waals surface area (Å²) in [5.74, 6) is 2.02. The van der Waals surface area contributed by atoms with Crippen LogP contribution in [0.4, 0.5) is 0 Å². The first-order valence-corrected chi connectivity index (χ1v) is 10.5. The van der Waals surface area contributed by atoms with Gasteiger partial charge in [0.15, 0.2) is 0 Å². The molecular formula is C21H27N5O2. The molecule has 7 nitrogen and oxygen atoms in total. The molecule has 0 spiro atoms. The second kappa shape index (κ2) is 6.54. The highest BCUT2D eigenvalue weighted by Crippen LogP contribution is 2.36. The third-order valence-corrected chi connectivity index (χ3v) is 7.07. The first-order chi connectivity index (χ1) is 13.7. The van der Waals surface area contributed by atoms with E-state index in [-0.39, 0.29) is 5.56 Å². The monoisotopic (exact) mass is 381 g/mol. The van der Waals surface area contributed by atoms with E-state index < -0.39 is 0 Å². The average molecular weight is 381 g/mol. The van der Waals surface area contributed by atoms with Crippen molar-refractivity contribution in [3.63, 3.8) is 0 Å². The lowest BCUT2D eigenvalue weighted by atomic mass is 9.83. The topological polar surface area (TPSA) is 66.4 Å². The summed E-state index contributed by atoms with van der Waals surface area (Å²) in [5, 5.41) is 0. The van der Waals surface area contributed by atoms with Gasteiger partial charge in [-0.3, -0.25) is 14.6 Å². The first kappa shape index (κ1) is 16.9. The van der Waals surface area contributed by atoms with Crippen LogP contribution in [-0.4, -0.2) is 62.7 Å². The molecule has 4 bridgehead atoms. The highest BCUT2D eigenvalue weighted by molar-refractivity contribution is 5.23. The van der Waals surface area contributed by atoms with Crippen molar-refractivity contribution in [3.05, 3.63) is 52.0 Å². The molecule has 3 saturated heterocycles. The van der Waals surface area contributed by atoms with Crippen molar-refractivity contribution in [1.29, 1.82) is 0 Å². The quantitative estimate of drug-likeness (QED) is 0.861. The van der Waals surface area contributed by atoms with Crippen LogP contribution in [0.1, 0.15) is 35.8 Å². The smallest absolute Gasteiger partial charge is 0.255 e. The molecule has 0 saturated carbocycles. The number of pyridine rings is 1. The van der Waals surface area contributed by atoms with E-state index in [4.69, 9.17) is 4.74 Å². The molecule has 4 aliphatic rings. The molecule has 4 atom stereocenters. The Morgan fingerprint density at radius 3 is 2.89 bits per heavy atom. The molecule has 4 aliphatic heterocycles. The summed E-state index contributed by atoms with van der Waals surface area (Å²) in [6.45, 7) is 6.32. The molecular weight excluding hydrogens is 354 g/mol. The standard InChI is InChI=1S/C21H27N5O2/c27-21-15(10-25-11-18-6-17(25)13-28-18)1-2-19-16-5-14(8-26(19)21)7-24(9-16)12-20-22-3-4-23-20/h1-4,14,16-18H,5-13H2,(H,22,23)/t14-,16+,17+,18+/m0/s1. The highest BCUT2D eigenvalue weighted by Gasteiger charge is 2.39. The predicted molar refractivity (Wildman–Crippen MR) is 104 cm³/mol. The van der Waals surface area contributed by atoms with E-state index in [1.807, 2.05) is 12.4 Å². The van der Waals surface area contributed by atoms with Crippen LogP contribution in [0.15, 0.2) is 29.3 Å². The number of likely N-dealkylation sites (tertiary alicyclic amines) is 2. The first-order valence-electron chi connectivity index (χ1n) is 10.5. The Bertz CT molecular complexity index is 923. The third-order valence-electron chi connectivity index (χ3n) is 7.07. The van der Waals surface area contributed by atoms with Crippen LogP contribution < -0.4 is 5.56 Å². The lowest BCUT2D eigenvalue weighted by Crippen LogP contribution is -2.47. The molecule has 6 heterocycles. The van der Waals surface area contributed by atoms with Gasteiger partial charge in [0.25, 0.3) is 5.56 Å². The van der Waals surface area contributed by atoms with Crippen LogP contribution in [0, 0.1) is 5.92 Å². The maximum atomic E-state index is 13.3. The molecule has 28 heavy (non-hydrogen) atoms. The molecule has 6 rings (SSSR count). The van der Waals surface area contributed by atoms with Crippen LogP contribution in [0.2, 0.25) is 0 Å². The lowest BCUT2D eigenvalue weighted by molar-refractivity contribution is 0.0270. The normalized spacial score (nSPS) is 32.0. The van der Waals surface area contributed by atoms with Crippen molar-refractivity contribution in [1.82, 2.24) is 24.3 Å². The number of piperidine rings is 1. The third kappa shape index (κ3) is 2.84. The minimum atomic E-state index is 0.232. The average Bonchev–Trinajstić information content (AvgIpc) is 3.43. The molecule has 0 aromatic carbocycles. The lowest BCUT2D eigenvalue weighted by Gasteiger charge is -2.42. The number of hydrogen-bond donors (Lipinski definition) is 1. The number of imidazole rings is 1. The number of nitrogens with one attached hydrogen (secondary N) is 1.